The Morgan fingerprint density at radius 1 is 0.943 bits per heavy atom. The first kappa shape index (κ1) is 36.6. The molecule has 4 aromatic rings. The van der Waals surface area contributed by atoms with Gasteiger partial charge in [0.15, 0.2) is 0 Å². The van der Waals surface area contributed by atoms with Gasteiger partial charge in [-0.25, -0.2) is 0 Å². The number of fused-ring (bicyclic) bond motifs is 2. The molecular weight excluding hydrogens is 734 g/mol. The lowest BCUT2D eigenvalue weighted by molar-refractivity contribution is -0.144. The SMILES string of the molecule is C=CCN(C(=O)C1N([C@@H](CO)Cc2ccccc2)C(=O)[C@@H]2[C@@H](C(=O)N(CC=C)c3ccc(OCC)cc3)[C@@H]3OC12CC3Br)c1ccc2ccccc2c1. The predicted octanol–water partition coefficient (Wildman–Crippen LogP) is 6.33. The minimum atomic E-state index is -1.34. The predicted molar refractivity (Wildman–Crippen MR) is 210 cm³/mol. The molecule has 0 saturated carbocycles. The maximum Gasteiger partial charge on any atom is 0.253 e. The Labute approximate surface area is 318 Å². The number of hydrogen-bond donors (Lipinski definition) is 1. The number of carbonyl (C=O) groups excluding carboxylic acids is 3. The Hall–Kier alpha value is -4.77. The van der Waals surface area contributed by atoms with Crippen LogP contribution in [0.25, 0.3) is 10.8 Å². The summed E-state index contributed by atoms with van der Waals surface area (Å²) in [7, 11) is 0. The highest BCUT2D eigenvalue weighted by molar-refractivity contribution is 9.09. The summed E-state index contributed by atoms with van der Waals surface area (Å²) in [5.41, 5.74) is 0.836. The number of nitrogens with zero attached hydrogens (tertiary/aromatic N) is 3. The Balaban J connectivity index is 1.33. The van der Waals surface area contributed by atoms with Crippen molar-refractivity contribution in [2.24, 2.45) is 11.8 Å². The van der Waals surface area contributed by atoms with E-state index in [-0.39, 0.29) is 42.2 Å². The fourth-order valence-electron chi connectivity index (χ4n) is 8.62. The molecule has 3 aliphatic heterocycles. The quantitative estimate of drug-likeness (QED) is 0.119. The zero-order valence-electron chi connectivity index (χ0n) is 29.7. The van der Waals surface area contributed by atoms with Crippen molar-refractivity contribution in [2.75, 3.05) is 36.1 Å². The zero-order chi connectivity index (χ0) is 37.3. The van der Waals surface area contributed by atoms with E-state index in [2.05, 4.69) is 29.1 Å². The molecule has 0 aromatic heterocycles. The highest BCUT2D eigenvalue weighted by Gasteiger charge is 2.77. The summed E-state index contributed by atoms with van der Waals surface area (Å²) in [5, 5.41) is 13.0. The van der Waals surface area contributed by atoms with Gasteiger partial charge in [0, 0.05) is 29.3 Å². The van der Waals surface area contributed by atoms with Crippen LogP contribution in [0.5, 0.6) is 5.75 Å². The zero-order valence-corrected chi connectivity index (χ0v) is 31.3. The van der Waals surface area contributed by atoms with Gasteiger partial charge < -0.3 is 29.3 Å². The van der Waals surface area contributed by atoms with Crippen LogP contribution in [-0.4, -0.2) is 82.6 Å². The number of benzene rings is 4. The normalized spacial score (nSPS) is 24.8. The van der Waals surface area contributed by atoms with Gasteiger partial charge in [0.05, 0.1) is 37.2 Å². The highest BCUT2D eigenvalue weighted by atomic mass is 79.9. The van der Waals surface area contributed by atoms with Crippen molar-refractivity contribution in [2.45, 2.75) is 48.4 Å². The topological polar surface area (TPSA) is 99.6 Å². The van der Waals surface area contributed by atoms with Crippen molar-refractivity contribution >= 4 is 55.8 Å². The molecule has 53 heavy (non-hydrogen) atoms. The molecule has 1 spiro atoms. The molecule has 3 heterocycles. The van der Waals surface area contributed by atoms with E-state index in [4.69, 9.17) is 9.47 Å². The van der Waals surface area contributed by atoms with E-state index in [0.717, 1.165) is 16.3 Å². The van der Waals surface area contributed by atoms with Crippen molar-refractivity contribution in [3.05, 3.63) is 128 Å². The summed E-state index contributed by atoms with van der Waals surface area (Å²) >= 11 is 3.82. The lowest BCUT2D eigenvalue weighted by Gasteiger charge is -2.39. The molecule has 0 aliphatic carbocycles. The van der Waals surface area contributed by atoms with Crippen LogP contribution in [-0.2, 0) is 25.5 Å². The molecule has 3 amide bonds. The number of carbonyl (C=O) groups is 3. The van der Waals surface area contributed by atoms with Crippen molar-refractivity contribution in [1.82, 2.24) is 4.90 Å². The maximum atomic E-state index is 15.3. The third-order valence-corrected chi connectivity index (χ3v) is 11.7. The minimum absolute atomic E-state index is 0.174. The van der Waals surface area contributed by atoms with Crippen LogP contribution in [0.3, 0.4) is 0 Å². The molecule has 2 bridgehead atoms. The van der Waals surface area contributed by atoms with Gasteiger partial charge in [-0.15, -0.1) is 13.2 Å². The highest BCUT2D eigenvalue weighted by Crippen LogP contribution is 2.61. The Kier molecular flexibility index (Phi) is 10.6. The average molecular weight is 779 g/mol. The van der Waals surface area contributed by atoms with E-state index < -0.39 is 35.6 Å². The van der Waals surface area contributed by atoms with Crippen LogP contribution in [0.15, 0.2) is 122 Å². The second kappa shape index (κ2) is 15.3. The second-order valence-corrected chi connectivity index (χ2v) is 15.0. The summed E-state index contributed by atoms with van der Waals surface area (Å²) < 4.78 is 12.5. The van der Waals surface area contributed by atoms with Crippen LogP contribution < -0.4 is 14.5 Å². The number of ether oxygens (including phenoxy) is 2. The van der Waals surface area contributed by atoms with E-state index in [1.54, 1.807) is 22.0 Å². The van der Waals surface area contributed by atoms with Gasteiger partial charge in [-0.05, 0) is 72.5 Å². The summed E-state index contributed by atoms with van der Waals surface area (Å²) in [4.78, 5) is 49.8. The molecular formula is C43H44BrN3O6. The largest absolute Gasteiger partial charge is 0.494 e. The van der Waals surface area contributed by atoms with Gasteiger partial charge in [0.25, 0.3) is 5.91 Å². The number of alkyl halides is 1. The van der Waals surface area contributed by atoms with E-state index in [1.807, 2.05) is 104 Å². The molecule has 3 saturated heterocycles. The molecule has 10 heteroatoms. The smallest absolute Gasteiger partial charge is 0.253 e. The first-order chi connectivity index (χ1) is 25.8. The molecule has 274 valence electrons. The van der Waals surface area contributed by atoms with Crippen molar-refractivity contribution in [1.29, 1.82) is 0 Å². The third-order valence-electron chi connectivity index (χ3n) is 10.8. The fourth-order valence-corrected chi connectivity index (χ4v) is 9.57. The number of rotatable bonds is 14. The third kappa shape index (κ3) is 6.47. The Morgan fingerprint density at radius 3 is 2.25 bits per heavy atom. The molecule has 7 atom stereocenters. The van der Waals surface area contributed by atoms with Gasteiger partial charge in [0.1, 0.15) is 17.4 Å². The van der Waals surface area contributed by atoms with Crippen LogP contribution in [0.2, 0.25) is 0 Å². The Morgan fingerprint density at radius 2 is 1.58 bits per heavy atom. The van der Waals surface area contributed by atoms with E-state index in [9.17, 15) is 9.90 Å². The number of aliphatic hydroxyl groups excluding tert-OH is 1. The first-order valence-corrected chi connectivity index (χ1v) is 19.0. The van der Waals surface area contributed by atoms with Crippen molar-refractivity contribution in [3.63, 3.8) is 0 Å². The fraction of sp³-hybridized carbons (Fsp3) is 0.326. The molecule has 7 rings (SSSR count). The lowest BCUT2D eigenvalue weighted by atomic mass is 9.70. The van der Waals surface area contributed by atoms with Crippen LogP contribution in [0, 0.1) is 11.8 Å². The Bertz CT molecular complexity index is 2010. The maximum absolute atomic E-state index is 15.3. The monoisotopic (exact) mass is 777 g/mol. The minimum Gasteiger partial charge on any atom is -0.494 e. The molecule has 3 fully saturated rings. The number of amides is 3. The van der Waals surface area contributed by atoms with Crippen molar-refractivity contribution < 1.29 is 29.0 Å². The molecule has 4 aromatic carbocycles. The number of hydrogen-bond acceptors (Lipinski definition) is 6. The summed E-state index contributed by atoms with van der Waals surface area (Å²) in [6.07, 6.45) is 3.28. The number of anilines is 2. The number of likely N-dealkylation sites (tertiary alicyclic amines) is 1. The lowest BCUT2D eigenvalue weighted by Crippen LogP contribution is -2.59. The molecule has 1 N–H and O–H groups in total. The summed E-state index contributed by atoms with van der Waals surface area (Å²) in [5.74, 6) is -2.22. The van der Waals surface area contributed by atoms with Gasteiger partial charge >= 0.3 is 0 Å². The number of aliphatic hydroxyl groups is 1. The van der Waals surface area contributed by atoms with E-state index in [0.29, 0.717) is 36.6 Å². The average Bonchev–Trinajstić information content (AvgIpc) is 3.78. The van der Waals surface area contributed by atoms with Crippen LogP contribution in [0.1, 0.15) is 18.9 Å². The summed E-state index contributed by atoms with van der Waals surface area (Å²) in [6, 6.07) is 28.7. The van der Waals surface area contributed by atoms with Gasteiger partial charge in [-0.1, -0.05) is 88.7 Å². The van der Waals surface area contributed by atoms with E-state index >= 15 is 9.59 Å². The first-order valence-electron chi connectivity index (χ1n) is 18.1. The molecule has 9 nitrogen and oxygen atoms in total. The van der Waals surface area contributed by atoms with Crippen LogP contribution in [0.4, 0.5) is 11.4 Å². The van der Waals surface area contributed by atoms with E-state index in [1.165, 1.54) is 4.90 Å². The molecule has 3 aliphatic rings. The molecule has 0 radical (unpaired) electrons. The standard InChI is InChI=1S/C43H44BrN3O6/c1-4-22-45(31-18-20-34(21-19-31)52-6-3)40(49)36-37-41(50)47(33(27-48)24-28-12-8-7-9-13-28)39(43(37)26-35(44)38(36)53-43)42(51)46(23-5-2)32-17-16-29-14-10-11-15-30(29)25-32/h4-5,7-21,25,33,35-39,48H,1-2,6,22-24,26-27H2,3H3/t33-,35?,36-,37+,38-,39?,43?/m1/s1. The van der Waals surface area contributed by atoms with Gasteiger partial charge in [-0.2, -0.15) is 0 Å². The second-order valence-electron chi connectivity index (χ2n) is 13.9. The van der Waals surface area contributed by atoms with Crippen LogP contribution >= 0.6 is 15.9 Å². The molecule has 3 unspecified atom stereocenters. The van der Waals surface area contributed by atoms with Crippen molar-refractivity contribution in [3.8, 4) is 5.75 Å². The summed E-state index contributed by atoms with van der Waals surface area (Å²) in [6.45, 7) is 10.3. The van der Waals surface area contributed by atoms with Gasteiger partial charge in [0.2, 0.25) is 11.8 Å². The number of halogens is 1. The van der Waals surface area contributed by atoms with Gasteiger partial charge in [-0.3, -0.25) is 14.4 Å².